The van der Waals surface area contributed by atoms with E-state index in [1.165, 1.54) is 0 Å². The number of aryl methyl sites for hydroxylation is 2. The highest BCUT2D eigenvalue weighted by molar-refractivity contribution is 5.75. The van der Waals surface area contributed by atoms with Gasteiger partial charge in [-0.3, -0.25) is 9.36 Å². The first-order valence-electron chi connectivity index (χ1n) is 10.5. The zero-order valence-corrected chi connectivity index (χ0v) is 17.7. The molecule has 5 rings (SSSR count). The first-order chi connectivity index (χ1) is 15.0. The first kappa shape index (κ1) is 19.4. The average molecular weight is 415 g/mol. The van der Waals surface area contributed by atoms with Gasteiger partial charge in [-0.15, -0.1) is 0 Å². The fraction of sp³-hybridized carbons (Fsp3) is 0.304. The summed E-state index contributed by atoms with van der Waals surface area (Å²) in [6.07, 6.45) is 10.7. The lowest BCUT2D eigenvalue weighted by Crippen LogP contribution is -2.21. The van der Waals surface area contributed by atoms with E-state index >= 15 is 0 Å². The molecule has 3 heterocycles. The minimum absolute atomic E-state index is 0.244. The maximum Gasteiger partial charge on any atom is 0.161 e. The highest BCUT2D eigenvalue weighted by Gasteiger charge is 2.24. The highest BCUT2D eigenvalue weighted by atomic mass is 15.3. The van der Waals surface area contributed by atoms with E-state index in [2.05, 4.69) is 32.6 Å². The number of hydrogen-bond acceptors (Lipinski definition) is 6. The minimum Gasteiger partial charge on any atom is -0.367 e. The summed E-state index contributed by atoms with van der Waals surface area (Å²) in [5, 5.41) is 12.4. The molecule has 0 saturated heterocycles. The number of hydrogen-bond donors (Lipinski definition) is 2. The molecular weight excluding hydrogens is 388 g/mol. The van der Waals surface area contributed by atoms with Gasteiger partial charge in [0.25, 0.3) is 0 Å². The summed E-state index contributed by atoms with van der Waals surface area (Å²) in [5.41, 5.74) is 11.0. The van der Waals surface area contributed by atoms with Gasteiger partial charge in [0, 0.05) is 55.9 Å². The Hall–Kier alpha value is -3.52. The molecule has 158 valence electrons. The summed E-state index contributed by atoms with van der Waals surface area (Å²) in [4.78, 5) is 9.60. The smallest absolute Gasteiger partial charge is 0.161 e. The van der Waals surface area contributed by atoms with Gasteiger partial charge in [0.2, 0.25) is 0 Å². The van der Waals surface area contributed by atoms with Crippen molar-refractivity contribution >= 4 is 5.82 Å². The van der Waals surface area contributed by atoms with Crippen molar-refractivity contribution in [3.05, 3.63) is 55.1 Å². The summed E-state index contributed by atoms with van der Waals surface area (Å²) in [6, 6.07) is 10.8. The number of nitrogens with zero attached hydrogens (tertiary/aromatic N) is 6. The van der Waals surface area contributed by atoms with Crippen molar-refractivity contribution in [2.45, 2.75) is 31.3 Å². The Balaban J connectivity index is 1.53. The molecule has 8 heteroatoms. The van der Waals surface area contributed by atoms with Crippen molar-refractivity contribution in [1.29, 1.82) is 0 Å². The molecule has 1 fully saturated rings. The minimum atomic E-state index is 0.244. The van der Waals surface area contributed by atoms with Crippen LogP contribution in [0.15, 0.2) is 55.1 Å². The quantitative estimate of drug-likeness (QED) is 0.520. The van der Waals surface area contributed by atoms with Crippen LogP contribution in [0.25, 0.3) is 33.8 Å². The lowest BCUT2D eigenvalue weighted by atomic mass is 10.1. The number of nitrogens with two attached hydrogens (primary N) is 1. The Morgan fingerprint density at radius 2 is 1.90 bits per heavy atom. The summed E-state index contributed by atoms with van der Waals surface area (Å²) < 4.78 is 3.59. The number of aromatic nitrogens is 6. The summed E-state index contributed by atoms with van der Waals surface area (Å²) in [6.45, 7) is 0. The summed E-state index contributed by atoms with van der Waals surface area (Å²) in [5.74, 6) is 1.48. The zero-order chi connectivity index (χ0) is 21.4. The fourth-order valence-electron chi connectivity index (χ4n) is 4.13. The molecule has 0 aliphatic heterocycles. The number of benzene rings is 1. The molecule has 0 unspecified atom stereocenters. The molecule has 3 N–H and O–H groups in total. The van der Waals surface area contributed by atoms with Crippen molar-refractivity contribution in [2.75, 3.05) is 5.32 Å². The molecule has 1 aliphatic rings. The molecule has 31 heavy (non-hydrogen) atoms. The number of nitrogens with one attached hydrogen (secondary N) is 1. The molecule has 1 aliphatic carbocycles. The van der Waals surface area contributed by atoms with Crippen LogP contribution in [0.2, 0.25) is 0 Å². The van der Waals surface area contributed by atoms with Crippen LogP contribution in [-0.2, 0) is 14.1 Å². The third-order valence-electron chi connectivity index (χ3n) is 5.75. The predicted molar refractivity (Wildman–Crippen MR) is 121 cm³/mol. The monoisotopic (exact) mass is 414 g/mol. The van der Waals surface area contributed by atoms with E-state index in [0.29, 0.717) is 11.9 Å². The Kier molecular flexibility index (Phi) is 4.99. The highest BCUT2D eigenvalue weighted by Crippen LogP contribution is 2.31. The van der Waals surface area contributed by atoms with Gasteiger partial charge in [-0.05, 0) is 37.0 Å². The van der Waals surface area contributed by atoms with Crippen molar-refractivity contribution in [3.8, 4) is 33.8 Å². The van der Waals surface area contributed by atoms with E-state index in [9.17, 15) is 0 Å². The maximum atomic E-state index is 6.13. The predicted octanol–water partition coefficient (Wildman–Crippen LogP) is 3.24. The van der Waals surface area contributed by atoms with E-state index in [0.717, 1.165) is 53.0 Å². The normalized spacial score (nSPS) is 18.4. The molecule has 8 nitrogen and oxygen atoms in total. The van der Waals surface area contributed by atoms with Crippen LogP contribution in [0.1, 0.15) is 19.3 Å². The number of anilines is 1. The van der Waals surface area contributed by atoms with Crippen LogP contribution >= 0.6 is 0 Å². The second-order valence-corrected chi connectivity index (χ2v) is 8.23. The van der Waals surface area contributed by atoms with Crippen molar-refractivity contribution in [2.24, 2.45) is 19.8 Å². The number of rotatable bonds is 5. The van der Waals surface area contributed by atoms with Gasteiger partial charge in [0.05, 0.1) is 17.5 Å². The molecule has 0 spiro atoms. The molecule has 0 bridgehead atoms. The zero-order valence-electron chi connectivity index (χ0n) is 17.7. The van der Waals surface area contributed by atoms with Gasteiger partial charge in [-0.2, -0.15) is 10.2 Å². The standard InChI is InChI=1S/C23H26N8/c1-30-9-8-21(29-30)20-13-25-22(28-23(20)27-19-7-6-18(24)11-19)16-5-3-4-15(10-16)17-12-26-31(2)14-17/h3-5,8-10,12-14,18-19H,6-7,11,24H2,1-2H3,(H,25,27,28)/t18-,19+/m0/s1. The van der Waals surface area contributed by atoms with Crippen LogP contribution in [-0.4, -0.2) is 41.6 Å². The van der Waals surface area contributed by atoms with Gasteiger partial charge in [-0.25, -0.2) is 9.97 Å². The van der Waals surface area contributed by atoms with Gasteiger partial charge in [-0.1, -0.05) is 18.2 Å². The van der Waals surface area contributed by atoms with E-state index in [1.807, 2.05) is 57.1 Å². The second kappa shape index (κ2) is 7.96. The Bertz CT molecular complexity index is 1210. The van der Waals surface area contributed by atoms with Crippen LogP contribution < -0.4 is 11.1 Å². The lowest BCUT2D eigenvalue weighted by Gasteiger charge is -2.16. The van der Waals surface area contributed by atoms with Crippen LogP contribution in [0, 0.1) is 0 Å². The summed E-state index contributed by atoms with van der Waals surface area (Å²) >= 11 is 0. The van der Waals surface area contributed by atoms with E-state index in [1.54, 1.807) is 9.36 Å². The van der Waals surface area contributed by atoms with Gasteiger partial charge < -0.3 is 11.1 Å². The molecule has 0 radical (unpaired) electrons. The molecule has 2 atom stereocenters. The fourth-order valence-corrected chi connectivity index (χ4v) is 4.13. The largest absolute Gasteiger partial charge is 0.367 e. The first-order valence-corrected chi connectivity index (χ1v) is 10.5. The van der Waals surface area contributed by atoms with Gasteiger partial charge in [0.15, 0.2) is 5.82 Å². The third kappa shape index (κ3) is 4.06. The molecule has 1 saturated carbocycles. The maximum absolute atomic E-state index is 6.13. The molecular formula is C23H26N8. The van der Waals surface area contributed by atoms with Crippen molar-refractivity contribution in [1.82, 2.24) is 29.5 Å². The van der Waals surface area contributed by atoms with Crippen molar-refractivity contribution in [3.63, 3.8) is 0 Å². The van der Waals surface area contributed by atoms with E-state index < -0.39 is 0 Å². The molecule has 3 aromatic heterocycles. The topological polar surface area (TPSA) is 99.5 Å². The average Bonchev–Trinajstić information content (AvgIpc) is 3.50. The van der Waals surface area contributed by atoms with Crippen LogP contribution in [0.4, 0.5) is 5.82 Å². The lowest BCUT2D eigenvalue weighted by molar-refractivity contribution is 0.686. The van der Waals surface area contributed by atoms with Crippen LogP contribution in [0.5, 0.6) is 0 Å². The van der Waals surface area contributed by atoms with Crippen molar-refractivity contribution < 1.29 is 0 Å². The van der Waals surface area contributed by atoms with Crippen LogP contribution in [0.3, 0.4) is 0 Å². The van der Waals surface area contributed by atoms with Gasteiger partial charge >= 0.3 is 0 Å². The van der Waals surface area contributed by atoms with E-state index in [4.69, 9.17) is 10.7 Å². The Morgan fingerprint density at radius 1 is 1.03 bits per heavy atom. The summed E-state index contributed by atoms with van der Waals surface area (Å²) in [7, 11) is 3.82. The SMILES string of the molecule is Cn1cc(-c2cccc(-c3ncc(-c4ccn(C)n4)c(N[C@@H]4CC[C@H](N)C4)n3)c2)cn1. The molecule has 4 aromatic rings. The van der Waals surface area contributed by atoms with E-state index in [-0.39, 0.29) is 6.04 Å². The Labute approximate surface area is 181 Å². The van der Waals surface area contributed by atoms with Gasteiger partial charge in [0.1, 0.15) is 5.82 Å². The third-order valence-corrected chi connectivity index (χ3v) is 5.75. The molecule has 1 aromatic carbocycles. The molecule has 0 amide bonds. The second-order valence-electron chi connectivity index (χ2n) is 8.23. The Morgan fingerprint density at radius 3 is 2.61 bits per heavy atom.